The van der Waals surface area contributed by atoms with Crippen molar-refractivity contribution in [3.63, 3.8) is 0 Å². The lowest BCUT2D eigenvalue weighted by Gasteiger charge is -1.96. The average Bonchev–Trinajstić information content (AvgIpc) is 2.88. The fourth-order valence-electron chi connectivity index (χ4n) is 1.32. The normalized spacial score (nSPS) is 10.7. The molecule has 0 bridgehead atoms. The summed E-state index contributed by atoms with van der Waals surface area (Å²) in [7, 11) is 1.64. The second kappa shape index (κ2) is 4.78. The zero-order chi connectivity index (χ0) is 12.3. The Morgan fingerprint density at radius 2 is 2.24 bits per heavy atom. The molecule has 0 radical (unpaired) electrons. The van der Waals surface area contributed by atoms with Gasteiger partial charge in [0.1, 0.15) is 6.54 Å². The van der Waals surface area contributed by atoms with Crippen molar-refractivity contribution in [2.24, 2.45) is 12.8 Å². The summed E-state index contributed by atoms with van der Waals surface area (Å²) < 4.78 is 1.45. The van der Waals surface area contributed by atoms with E-state index in [0.717, 1.165) is 0 Å². The SMILES string of the molecule is Cn1nnc(CC(=O)Cn2cc(CN)nn2)n1. The van der Waals surface area contributed by atoms with E-state index in [9.17, 15) is 4.79 Å². The number of hydrogen-bond donors (Lipinski definition) is 1. The smallest absolute Gasteiger partial charge is 0.182 e. The first-order valence-electron chi connectivity index (χ1n) is 5.01. The fourth-order valence-corrected chi connectivity index (χ4v) is 1.32. The lowest BCUT2D eigenvalue weighted by atomic mass is 10.3. The Morgan fingerprint density at radius 3 is 2.82 bits per heavy atom. The molecule has 0 unspecified atom stereocenters. The summed E-state index contributed by atoms with van der Waals surface area (Å²) in [5.74, 6) is 0.336. The first kappa shape index (κ1) is 11.3. The topological polar surface area (TPSA) is 117 Å². The summed E-state index contributed by atoms with van der Waals surface area (Å²) in [6.45, 7) is 0.436. The molecule has 2 heterocycles. The van der Waals surface area contributed by atoms with Crippen LogP contribution in [0.1, 0.15) is 11.5 Å². The minimum absolute atomic E-state index is 0.0635. The van der Waals surface area contributed by atoms with Crippen LogP contribution in [0.3, 0.4) is 0 Å². The standard InChI is InChI=1S/C8H12N8O/c1-15-12-8(11-13-15)2-7(17)5-16-4-6(3-9)10-14-16/h4H,2-3,5,9H2,1H3. The summed E-state index contributed by atoms with van der Waals surface area (Å²) in [6.07, 6.45) is 1.77. The number of carbonyl (C=O) groups excluding carboxylic acids is 1. The van der Waals surface area contributed by atoms with Gasteiger partial charge in [-0.05, 0) is 5.21 Å². The Labute approximate surface area is 96.6 Å². The molecule has 0 spiro atoms. The van der Waals surface area contributed by atoms with Crippen LogP contribution >= 0.6 is 0 Å². The van der Waals surface area contributed by atoms with Crippen molar-refractivity contribution >= 4 is 5.78 Å². The molecule has 0 aliphatic carbocycles. The minimum Gasteiger partial charge on any atom is -0.325 e. The van der Waals surface area contributed by atoms with Gasteiger partial charge in [-0.15, -0.1) is 15.3 Å². The van der Waals surface area contributed by atoms with E-state index < -0.39 is 0 Å². The molecule has 0 aliphatic heterocycles. The Bertz CT molecular complexity index is 515. The van der Waals surface area contributed by atoms with Gasteiger partial charge in [-0.2, -0.15) is 4.80 Å². The molecule has 2 aromatic rings. The van der Waals surface area contributed by atoms with Crippen LogP contribution in [0.5, 0.6) is 0 Å². The molecule has 0 fully saturated rings. The highest BCUT2D eigenvalue weighted by molar-refractivity contribution is 5.79. The summed E-state index contributed by atoms with van der Waals surface area (Å²) in [6, 6.07) is 0. The Balaban J connectivity index is 1.93. The average molecular weight is 236 g/mol. The second-order valence-corrected chi connectivity index (χ2v) is 3.52. The van der Waals surface area contributed by atoms with Gasteiger partial charge in [0.2, 0.25) is 0 Å². The van der Waals surface area contributed by atoms with E-state index in [-0.39, 0.29) is 18.7 Å². The summed E-state index contributed by atoms with van der Waals surface area (Å²) in [5, 5.41) is 18.9. The monoisotopic (exact) mass is 236 g/mol. The zero-order valence-corrected chi connectivity index (χ0v) is 9.31. The lowest BCUT2D eigenvalue weighted by Crippen LogP contribution is -2.14. The van der Waals surface area contributed by atoms with Gasteiger partial charge >= 0.3 is 0 Å². The van der Waals surface area contributed by atoms with Gasteiger partial charge in [-0.25, -0.2) is 4.68 Å². The van der Waals surface area contributed by atoms with E-state index in [1.54, 1.807) is 13.2 Å². The molecular formula is C8H12N8O. The number of tetrazole rings is 1. The highest BCUT2D eigenvalue weighted by Crippen LogP contribution is 1.95. The number of hydrogen-bond acceptors (Lipinski definition) is 7. The highest BCUT2D eigenvalue weighted by Gasteiger charge is 2.10. The van der Waals surface area contributed by atoms with Crippen molar-refractivity contribution in [2.75, 3.05) is 0 Å². The number of aryl methyl sites for hydroxylation is 1. The number of ketones is 1. The van der Waals surface area contributed by atoms with Crippen LogP contribution in [0, 0.1) is 0 Å². The molecule has 90 valence electrons. The molecule has 0 amide bonds. The van der Waals surface area contributed by atoms with E-state index in [0.29, 0.717) is 18.1 Å². The Kier molecular flexibility index (Phi) is 3.19. The van der Waals surface area contributed by atoms with Crippen molar-refractivity contribution in [3.8, 4) is 0 Å². The molecule has 2 aromatic heterocycles. The number of carbonyl (C=O) groups is 1. The van der Waals surface area contributed by atoms with E-state index in [1.807, 2.05) is 0 Å². The van der Waals surface area contributed by atoms with Crippen LogP contribution in [-0.4, -0.2) is 41.0 Å². The van der Waals surface area contributed by atoms with Crippen LogP contribution in [0.2, 0.25) is 0 Å². The largest absolute Gasteiger partial charge is 0.325 e. The molecule has 0 saturated carbocycles. The Morgan fingerprint density at radius 1 is 1.41 bits per heavy atom. The molecule has 0 aliphatic rings. The fraction of sp³-hybridized carbons (Fsp3) is 0.500. The molecule has 2 N–H and O–H groups in total. The highest BCUT2D eigenvalue weighted by atomic mass is 16.1. The third kappa shape index (κ3) is 2.91. The van der Waals surface area contributed by atoms with E-state index >= 15 is 0 Å². The first-order valence-corrected chi connectivity index (χ1v) is 5.01. The molecule has 9 nitrogen and oxygen atoms in total. The van der Waals surface area contributed by atoms with Crippen molar-refractivity contribution < 1.29 is 4.79 Å². The molecular weight excluding hydrogens is 224 g/mol. The summed E-state index contributed by atoms with van der Waals surface area (Å²) >= 11 is 0. The van der Waals surface area contributed by atoms with Crippen molar-refractivity contribution in [1.29, 1.82) is 0 Å². The third-order valence-electron chi connectivity index (χ3n) is 2.04. The van der Waals surface area contributed by atoms with Crippen LogP contribution in [0.15, 0.2) is 6.20 Å². The van der Waals surface area contributed by atoms with E-state index in [1.165, 1.54) is 9.48 Å². The van der Waals surface area contributed by atoms with Gasteiger partial charge in [-0.3, -0.25) is 4.79 Å². The van der Waals surface area contributed by atoms with Gasteiger partial charge in [0.25, 0.3) is 0 Å². The molecule has 9 heteroatoms. The predicted molar refractivity (Wildman–Crippen MR) is 55.4 cm³/mol. The lowest BCUT2D eigenvalue weighted by molar-refractivity contribution is -0.119. The summed E-state index contributed by atoms with van der Waals surface area (Å²) in [5.41, 5.74) is 6.04. The van der Waals surface area contributed by atoms with E-state index in [4.69, 9.17) is 5.73 Å². The number of rotatable bonds is 5. The molecule has 0 atom stereocenters. The van der Waals surface area contributed by atoms with Crippen LogP contribution in [0.25, 0.3) is 0 Å². The molecule has 0 saturated heterocycles. The maximum atomic E-state index is 11.7. The number of aromatic nitrogens is 7. The van der Waals surface area contributed by atoms with Crippen molar-refractivity contribution in [1.82, 2.24) is 35.2 Å². The number of Topliss-reactive ketones (excluding diaryl/α,β-unsaturated/α-hetero) is 1. The zero-order valence-electron chi connectivity index (χ0n) is 9.31. The van der Waals surface area contributed by atoms with Gasteiger partial charge < -0.3 is 5.73 Å². The Hall–Kier alpha value is -2.16. The van der Waals surface area contributed by atoms with Crippen molar-refractivity contribution in [3.05, 3.63) is 17.7 Å². The van der Waals surface area contributed by atoms with Gasteiger partial charge in [-0.1, -0.05) is 5.21 Å². The maximum Gasteiger partial charge on any atom is 0.182 e. The van der Waals surface area contributed by atoms with Crippen LogP contribution < -0.4 is 5.73 Å². The van der Waals surface area contributed by atoms with Crippen LogP contribution in [0.4, 0.5) is 0 Å². The van der Waals surface area contributed by atoms with E-state index in [2.05, 4.69) is 25.7 Å². The quantitative estimate of drug-likeness (QED) is 0.642. The van der Waals surface area contributed by atoms with Gasteiger partial charge in [0.15, 0.2) is 11.6 Å². The van der Waals surface area contributed by atoms with Gasteiger partial charge in [0.05, 0.1) is 25.4 Å². The van der Waals surface area contributed by atoms with Crippen LogP contribution in [-0.2, 0) is 31.4 Å². The molecule has 0 aromatic carbocycles. The summed E-state index contributed by atoms with van der Waals surface area (Å²) in [4.78, 5) is 13.0. The third-order valence-corrected chi connectivity index (χ3v) is 2.04. The molecule has 17 heavy (non-hydrogen) atoms. The maximum absolute atomic E-state index is 11.7. The van der Waals surface area contributed by atoms with Crippen molar-refractivity contribution in [2.45, 2.75) is 19.5 Å². The minimum atomic E-state index is -0.0635. The van der Waals surface area contributed by atoms with Gasteiger partial charge in [0, 0.05) is 6.54 Å². The molecule has 2 rings (SSSR count). The predicted octanol–water partition coefficient (Wildman–Crippen LogP) is -1.93. The number of nitrogens with two attached hydrogens (primary N) is 1. The first-order chi connectivity index (χ1) is 8.17. The number of nitrogens with zero attached hydrogens (tertiary/aromatic N) is 7. The second-order valence-electron chi connectivity index (χ2n) is 3.52.